The number of rotatable bonds is 14. The maximum atomic E-state index is 9.96. The number of aliphatic hydroxyl groups excluding tert-OH is 1. The summed E-state index contributed by atoms with van der Waals surface area (Å²) in [7, 11) is 0. The molecule has 1 rings (SSSR count). The Bertz CT molecular complexity index is 555. The van der Waals surface area contributed by atoms with Crippen molar-refractivity contribution in [3.63, 3.8) is 0 Å². The van der Waals surface area contributed by atoms with Crippen LogP contribution < -0.4 is 4.74 Å². The molecule has 30 heavy (non-hydrogen) atoms. The molecule has 2 nitrogen and oxygen atoms in total. The molecule has 1 aromatic carbocycles. The third-order valence-electron chi connectivity index (χ3n) is 4.15. The van der Waals surface area contributed by atoms with E-state index in [0.717, 1.165) is 18.6 Å². The molecule has 1 unspecified atom stereocenters. The van der Waals surface area contributed by atoms with Crippen LogP contribution in [0.5, 0.6) is 5.75 Å². The number of aliphatic hydroxyl groups is 1. The molecule has 0 radical (unpaired) electrons. The van der Waals surface area contributed by atoms with Gasteiger partial charge in [-0.2, -0.15) is 0 Å². The number of unbranched alkanes of at least 4 members (excludes halogenated alkanes) is 9. The van der Waals surface area contributed by atoms with Gasteiger partial charge in [-0.25, -0.2) is 0 Å². The van der Waals surface area contributed by atoms with Gasteiger partial charge >= 0.3 is 36.4 Å². The van der Waals surface area contributed by atoms with Crippen LogP contribution >= 0.6 is 22.6 Å². The number of ether oxygens (including phenoxy) is 1. The normalized spacial score (nSPS) is 14.8. The van der Waals surface area contributed by atoms with Gasteiger partial charge in [-0.1, -0.05) is 71.1 Å². The molecule has 1 N–H and O–H groups in total. The van der Waals surface area contributed by atoms with Crippen molar-refractivity contribution in [1.29, 1.82) is 0 Å². The molecule has 0 aliphatic carbocycles. The molecule has 0 bridgehead atoms. The molecule has 0 saturated carbocycles. The summed E-state index contributed by atoms with van der Waals surface area (Å²) in [6, 6.07) is 7.94. The predicted octanol–water partition coefficient (Wildman–Crippen LogP) is 8.48. The van der Waals surface area contributed by atoms with Crippen LogP contribution in [0.1, 0.15) is 77.6 Å². The van der Waals surface area contributed by atoms with Gasteiger partial charge in [0.15, 0.2) is 0 Å². The molecule has 0 fully saturated rings. The van der Waals surface area contributed by atoms with Crippen LogP contribution in [0.25, 0.3) is 0 Å². The minimum atomic E-state index is -11.2. The summed E-state index contributed by atoms with van der Waals surface area (Å²) < 4.78 is 66.4. The Morgan fingerprint density at radius 2 is 1.20 bits per heavy atom. The van der Waals surface area contributed by atoms with Gasteiger partial charge in [0.05, 0.1) is 6.10 Å². The van der Waals surface area contributed by atoms with Crippen LogP contribution in [0.3, 0.4) is 0 Å². The van der Waals surface area contributed by atoms with Crippen molar-refractivity contribution >= 4 is 42.1 Å². The summed E-state index contributed by atoms with van der Waals surface area (Å²) in [6.07, 6.45) is 13.8. The van der Waals surface area contributed by atoms with E-state index in [2.05, 4.69) is 29.5 Å². The van der Waals surface area contributed by atoms with Crippen molar-refractivity contribution in [1.82, 2.24) is 0 Å². The van der Waals surface area contributed by atoms with Gasteiger partial charge in [-0.3, -0.25) is 0 Å². The topological polar surface area (TPSA) is 29.5 Å². The molecule has 0 amide bonds. The van der Waals surface area contributed by atoms with Gasteiger partial charge in [0.2, 0.25) is 0 Å². The van der Waals surface area contributed by atoms with E-state index in [1.807, 2.05) is 24.3 Å². The summed E-state index contributed by atoms with van der Waals surface area (Å²) in [5.74, 6) is 0.840. The second-order valence-corrected chi connectivity index (χ2v) is 14.1. The quantitative estimate of drug-likeness (QED) is 0.0934. The van der Waals surface area contributed by atoms with Gasteiger partial charge in [-0.15, -0.1) is 0 Å². The summed E-state index contributed by atoms with van der Waals surface area (Å²) in [5.41, 5.74) is 0. The van der Waals surface area contributed by atoms with Crippen LogP contribution in [0.2, 0.25) is 0 Å². The average Bonchev–Trinajstić information content (AvgIpc) is 2.60. The average molecular weight is 668 g/mol. The monoisotopic (exact) mass is 667 g/mol. The van der Waals surface area contributed by atoms with Gasteiger partial charge in [0, 0.05) is 3.57 Å². The Labute approximate surface area is 191 Å². The fourth-order valence-electron chi connectivity index (χ4n) is 2.67. The second kappa shape index (κ2) is 13.6. The first-order valence-electron chi connectivity index (χ1n) is 10.3. The Balaban J connectivity index is 0.00000103. The van der Waals surface area contributed by atoms with E-state index >= 15 is 0 Å². The fourth-order valence-corrected chi connectivity index (χ4v) is 3.03. The predicted molar refractivity (Wildman–Crippen MR) is 120 cm³/mol. The standard InChI is InChI=1S/C20H33IO2.6FH.Sb/c1-2-3-4-5-6-7-8-9-10-11-12-19(22)17-23-20-15-13-18(21)14-16-20;;;;;;;/h13-16,19,22H,2-12,17H2,1H3;6*1H;/q;;;;;;;+5/p-6. The molecule has 0 heterocycles. The summed E-state index contributed by atoms with van der Waals surface area (Å²) >= 11 is -8.98. The number of halogens is 7. The molecule has 0 saturated heterocycles. The summed E-state index contributed by atoms with van der Waals surface area (Å²) in [6.45, 7) is 2.66. The van der Waals surface area contributed by atoms with E-state index in [-0.39, 0.29) is 6.10 Å². The maximum absolute atomic E-state index is 11.2. The van der Waals surface area contributed by atoms with Crippen LogP contribution in [-0.4, -0.2) is 37.3 Å². The van der Waals surface area contributed by atoms with Gasteiger partial charge in [-0.05, 0) is 53.3 Å². The zero-order valence-corrected chi connectivity index (χ0v) is 22.0. The molecule has 0 aliphatic rings. The number of benzene rings is 1. The van der Waals surface area contributed by atoms with Gasteiger partial charge in [0.1, 0.15) is 12.4 Å². The zero-order valence-electron chi connectivity index (χ0n) is 17.3. The van der Waals surface area contributed by atoms with Crippen LogP contribution in [0.15, 0.2) is 24.3 Å². The van der Waals surface area contributed by atoms with E-state index in [9.17, 15) is 22.0 Å². The van der Waals surface area contributed by atoms with Crippen molar-refractivity contribution < 1.29 is 26.7 Å². The molecule has 0 spiro atoms. The number of hydrogen-bond acceptors (Lipinski definition) is 2. The van der Waals surface area contributed by atoms with Crippen molar-refractivity contribution in [2.45, 2.75) is 83.7 Å². The van der Waals surface area contributed by atoms with Crippen LogP contribution in [-0.2, 0) is 0 Å². The Hall–Kier alpha value is 0.108. The van der Waals surface area contributed by atoms with E-state index in [1.54, 1.807) is 0 Å². The Morgan fingerprint density at radius 3 is 1.63 bits per heavy atom. The van der Waals surface area contributed by atoms with Crippen LogP contribution in [0, 0.1) is 3.57 Å². The molecular weight excluding hydrogens is 635 g/mol. The molecule has 1 aromatic rings. The summed E-state index contributed by atoms with van der Waals surface area (Å²) in [4.78, 5) is 0. The van der Waals surface area contributed by atoms with E-state index in [0.29, 0.717) is 6.61 Å². The number of hydrogen-bond donors (Lipinski definition) is 1. The van der Waals surface area contributed by atoms with E-state index in [4.69, 9.17) is 4.74 Å². The molecule has 1 atom stereocenters. The van der Waals surface area contributed by atoms with Crippen LogP contribution in [0.4, 0.5) is 16.9 Å². The Morgan fingerprint density at radius 1 is 0.800 bits per heavy atom. The minimum absolute atomic E-state index is 0.344. The zero-order chi connectivity index (χ0) is 23.2. The second-order valence-electron chi connectivity index (χ2n) is 7.35. The van der Waals surface area contributed by atoms with Crippen molar-refractivity contribution in [2.24, 2.45) is 0 Å². The third-order valence-corrected chi connectivity index (χ3v) is 4.87. The first kappa shape index (κ1) is 30.1. The Kier molecular flexibility index (Phi) is 13.7. The SMILES string of the molecule is CCCCCCCCCCCCC(O)COc1ccc(I)cc1.[F][Sb-]([F])([F])([F])([F])[F]. The van der Waals surface area contributed by atoms with Gasteiger partial charge in [0.25, 0.3) is 0 Å². The first-order valence-corrected chi connectivity index (χ1v) is 17.2. The third kappa shape index (κ3) is 28.1. The van der Waals surface area contributed by atoms with Crippen molar-refractivity contribution in [2.75, 3.05) is 6.61 Å². The van der Waals surface area contributed by atoms with E-state index < -0.39 is 19.5 Å². The van der Waals surface area contributed by atoms with Gasteiger partial charge < -0.3 is 9.84 Å². The molecule has 10 heteroatoms. The van der Waals surface area contributed by atoms with Crippen molar-refractivity contribution in [3.05, 3.63) is 27.8 Å². The molecule has 0 aliphatic heterocycles. The molecule has 180 valence electrons. The molecule has 0 aromatic heterocycles. The first-order chi connectivity index (χ1) is 13.7. The summed E-state index contributed by atoms with van der Waals surface area (Å²) in [5, 5.41) is 9.96. The van der Waals surface area contributed by atoms with E-state index in [1.165, 1.54) is 61.4 Å². The molecular formula is C20H33F6IO2Sb-. The fraction of sp³-hybridized carbons (Fsp3) is 0.700. The van der Waals surface area contributed by atoms with Crippen molar-refractivity contribution in [3.8, 4) is 5.75 Å².